The molecular formula is C11H17N. The summed E-state index contributed by atoms with van der Waals surface area (Å²) in [5.41, 5.74) is 2.07. The first-order valence-electron chi connectivity index (χ1n) is 4.10. The van der Waals surface area contributed by atoms with Gasteiger partial charge < -0.3 is 0 Å². The summed E-state index contributed by atoms with van der Waals surface area (Å²) in [4.78, 5) is 4.01. The van der Waals surface area contributed by atoms with Crippen LogP contribution < -0.4 is 0 Å². The summed E-state index contributed by atoms with van der Waals surface area (Å²) < 4.78 is 0. The number of allylic oxidation sites excluding steroid dienone is 3. The Balaban J connectivity index is 4.16. The highest BCUT2D eigenvalue weighted by atomic mass is 14.7. The molecule has 0 bridgehead atoms. The molecular weight excluding hydrogens is 146 g/mol. The second-order valence-electron chi connectivity index (χ2n) is 3.02. The van der Waals surface area contributed by atoms with E-state index in [2.05, 4.69) is 32.0 Å². The third kappa shape index (κ3) is 4.67. The molecule has 66 valence electrons. The lowest BCUT2D eigenvalue weighted by molar-refractivity contribution is 0.795. The van der Waals surface area contributed by atoms with Crippen molar-refractivity contribution < 1.29 is 0 Å². The van der Waals surface area contributed by atoms with Crippen LogP contribution in [0.1, 0.15) is 20.8 Å². The fourth-order valence-corrected chi connectivity index (χ4v) is 0.607. The summed E-state index contributed by atoms with van der Waals surface area (Å²) >= 11 is 0. The summed E-state index contributed by atoms with van der Waals surface area (Å²) in [5, 5.41) is 0. The van der Waals surface area contributed by atoms with Gasteiger partial charge in [-0.1, -0.05) is 38.7 Å². The van der Waals surface area contributed by atoms with E-state index in [-0.39, 0.29) is 0 Å². The van der Waals surface area contributed by atoms with Crippen LogP contribution >= 0.6 is 0 Å². The van der Waals surface area contributed by atoms with E-state index in [0.29, 0.717) is 5.92 Å². The van der Waals surface area contributed by atoms with Crippen LogP contribution in [0.3, 0.4) is 0 Å². The number of hydrogen-bond acceptors (Lipinski definition) is 1. The molecule has 0 aromatic rings. The summed E-state index contributed by atoms with van der Waals surface area (Å²) in [6, 6.07) is 0. The van der Waals surface area contributed by atoms with E-state index < -0.39 is 0 Å². The maximum absolute atomic E-state index is 4.01. The maximum atomic E-state index is 4.01. The van der Waals surface area contributed by atoms with Gasteiger partial charge in [0.15, 0.2) is 0 Å². The van der Waals surface area contributed by atoms with Gasteiger partial charge in [0.25, 0.3) is 0 Å². The van der Waals surface area contributed by atoms with E-state index in [1.54, 1.807) is 0 Å². The van der Waals surface area contributed by atoms with Crippen LogP contribution in [0, 0.1) is 5.92 Å². The first-order valence-corrected chi connectivity index (χ1v) is 4.10. The van der Waals surface area contributed by atoms with Crippen molar-refractivity contribution in [2.45, 2.75) is 20.8 Å². The third-order valence-corrected chi connectivity index (χ3v) is 1.58. The number of aliphatic imine (C=N–C) groups is 1. The van der Waals surface area contributed by atoms with Gasteiger partial charge in [-0.2, -0.15) is 0 Å². The third-order valence-electron chi connectivity index (χ3n) is 1.58. The minimum absolute atomic E-state index is 0.498. The fourth-order valence-electron chi connectivity index (χ4n) is 0.607. The van der Waals surface area contributed by atoms with Gasteiger partial charge in [-0.05, 0) is 18.9 Å². The zero-order chi connectivity index (χ0) is 9.56. The normalized spacial score (nSPS) is 12.5. The zero-order valence-corrected chi connectivity index (χ0v) is 8.17. The van der Waals surface area contributed by atoms with Gasteiger partial charge >= 0.3 is 0 Å². The standard InChI is InChI=1S/C11H17N/c1-6-12-11(5)8-7-10(4)9(2)3/h6-9H,1,4H2,2-3,5H3/b8-7-,12-11?. The molecule has 0 fully saturated rings. The fraction of sp³-hybridized carbons (Fsp3) is 0.364. The van der Waals surface area contributed by atoms with Crippen molar-refractivity contribution in [3.05, 3.63) is 37.1 Å². The molecule has 0 aliphatic carbocycles. The van der Waals surface area contributed by atoms with E-state index in [1.165, 1.54) is 6.20 Å². The molecule has 0 aliphatic rings. The van der Waals surface area contributed by atoms with Crippen LogP contribution in [0.15, 0.2) is 42.1 Å². The van der Waals surface area contributed by atoms with Crippen LogP contribution in [0.4, 0.5) is 0 Å². The molecule has 0 saturated heterocycles. The lowest BCUT2D eigenvalue weighted by atomic mass is 10.0. The Bertz CT molecular complexity index is 219. The molecule has 1 heteroatoms. The lowest BCUT2D eigenvalue weighted by Crippen LogP contribution is -1.89. The number of nitrogens with zero attached hydrogens (tertiary/aromatic N) is 1. The highest BCUT2D eigenvalue weighted by molar-refractivity contribution is 5.93. The van der Waals surface area contributed by atoms with Gasteiger partial charge in [-0.15, -0.1) is 0 Å². The summed E-state index contributed by atoms with van der Waals surface area (Å²) in [5.74, 6) is 0.498. The van der Waals surface area contributed by atoms with Crippen molar-refractivity contribution in [1.29, 1.82) is 0 Å². The Morgan fingerprint density at radius 3 is 2.33 bits per heavy atom. The molecule has 0 heterocycles. The summed E-state index contributed by atoms with van der Waals surface area (Å²) in [7, 11) is 0. The van der Waals surface area contributed by atoms with Crippen LogP contribution in [-0.2, 0) is 0 Å². The van der Waals surface area contributed by atoms with Gasteiger partial charge in [0.2, 0.25) is 0 Å². The average Bonchev–Trinajstić information content (AvgIpc) is 2.00. The SMILES string of the molecule is C=CN=C(C)/C=C\C(=C)C(C)C. The highest BCUT2D eigenvalue weighted by Gasteiger charge is 1.93. The van der Waals surface area contributed by atoms with Gasteiger partial charge in [0, 0.05) is 11.9 Å². The quantitative estimate of drug-likeness (QED) is 0.445. The first-order chi connectivity index (χ1) is 5.57. The number of hydrogen-bond donors (Lipinski definition) is 0. The summed E-state index contributed by atoms with van der Waals surface area (Å²) in [6.45, 7) is 13.6. The lowest BCUT2D eigenvalue weighted by Gasteiger charge is -2.01. The van der Waals surface area contributed by atoms with Crippen LogP contribution in [0.25, 0.3) is 0 Å². The minimum Gasteiger partial charge on any atom is -0.262 e. The van der Waals surface area contributed by atoms with E-state index in [9.17, 15) is 0 Å². The van der Waals surface area contributed by atoms with Crippen molar-refractivity contribution in [2.75, 3.05) is 0 Å². The highest BCUT2D eigenvalue weighted by Crippen LogP contribution is 2.07. The van der Waals surface area contributed by atoms with E-state index in [1.807, 2.05) is 19.1 Å². The largest absolute Gasteiger partial charge is 0.262 e. The van der Waals surface area contributed by atoms with Crippen LogP contribution in [0.5, 0.6) is 0 Å². The van der Waals surface area contributed by atoms with Crippen molar-refractivity contribution in [2.24, 2.45) is 10.9 Å². The Hall–Kier alpha value is -1.11. The van der Waals surface area contributed by atoms with Crippen LogP contribution in [0.2, 0.25) is 0 Å². The molecule has 0 atom stereocenters. The van der Waals surface area contributed by atoms with Crippen LogP contribution in [-0.4, -0.2) is 5.71 Å². The minimum atomic E-state index is 0.498. The molecule has 0 amide bonds. The molecule has 0 aromatic heterocycles. The van der Waals surface area contributed by atoms with E-state index >= 15 is 0 Å². The molecule has 0 rings (SSSR count). The second kappa shape index (κ2) is 5.53. The van der Waals surface area contributed by atoms with E-state index in [0.717, 1.165) is 11.3 Å². The topological polar surface area (TPSA) is 12.4 Å². The second-order valence-corrected chi connectivity index (χ2v) is 3.02. The molecule has 12 heavy (non-hydrogen) atoms. The molecule has 0 radical (unpaired) electrons. The molecule has 0 aliphatic heterocycles. The summed E-state index contributed by atoms with van der Waals surface area (Å²) in [6.07, 6.45) is 5.48. The Morgan fingerprint density at radius 1 is 1.33 bits per heavy atom. The molecule has 0 unspecified atom stereocenters. The Morgan fingerprint density at radius 2 is 1.92 bits per heavy atom. The van der Waals surface area contributed by atoms with Gasteiger partial charge in [-0.25, -0.2) is 0 Å². The molecule has 1 nitrogen and oxygen atoms in total. The zero-order valence-electron chi connectivity index (χ0n) is 8.17. The molecule has 0 spiro atoms. The van der Waals surface area contributed by atoms with Crippen molar-refractivity contribution in [3.8, 4) is 0 Å². The maximum Gasteiger partial charge on any atom is 0.0372 e. The van der Waals surface area contributed by atoms with Gasteiger partial charge in [0.1, 0.15) is 0 Å². The van der Waals surface area contributed by atoms with Gasteiger partial charge in [-0.3, -0.25) is 4.99 Å². The monoisotopic (exact) mass is 163 g/mol. The average molecular weight is 163 g/mol. The number of rotatable bonds is 4. The predicted molar refractivity (Wildman–Crippen MR) is 56.4 cm³/mol. The van der Waals surface area contributed by atoms with Crippen molar-refractivity contribution >= 4 is 5.71 Å². The predicted octanol–water partition coefficient (Wildman–Crippen LogP) is 3.36. The molecule has 0 saturated carbocycles. The molecule has 0 N–H and O–H groups in total. The van der Waals surface area contributed by atoms with Gasteiger partial charge in [0.05, 0.1) is 0 Å². The van der Waals surface area contributed by atoms with Crippen molar-refractivity contribution in [1.82, 2.24) is 0 Å². The molecule has 0 aromatic carbocycles. The Labute approximate surface area is 75.2 Å². The van der Waals surface area contributed by atoms with Crippen molar-refractivity contribution in [3.63, 3.8) is 0 Å². The Kier molecular flexibility index (Phi) is 5.02. The first kappa shape index (κ1) is 10.9. The van der Waals surface area contributed by atoms with E-state index in [4.69, 9.17) is 0 Å². The smallest absolute Gasteiger partial charge is 0.0372 e.